The molecule has 1 N–H and O–H groups in total. The molecular weight excluding hydrogens is 1320 g/mol. The molecule has 5 aromatic carbocycles. The number of nitrogens with zero attached hydrogens (tertiary/aromatic N) is 7. The van der Waals surface area contributed by atoms with E-state index in [9.17, 15) is 54.7 Å². The zero-order chi connectivity index (χ0) is 71.2. The number of piperidine rings is 2. The first-order valence-electron chi connectivity index (χ1n) is 34.7. The van der Waals surface area contributed by atoms with Gasteiger partial charge in [0.1, 0.15) is 30.9 Å². The molecule has 5 amide bonds. The number of halogens is 7. The Morgan fingerprint density at radius 1 is 0.680 bits per heavy atom. The Morgan fingerprint density at radius 2 is 1.34 bits per heavy atom. The summed E-state index contributed by atoms with van der Waals surface area (Å²) in [4.78, 5) is 82.2. The normalized spacial score (nSPS) is 18.1. The van der Waals surface area contributed by atoms with Crippen molar-refractivity contribution in [3.8, 4) is 11.1 Å². The summed E-state index contributed by atoms with van der Waals surface area (Å²) in [5.74, 6) is -1.73. The van der Waals surface area contributed by atoms with Crippen LogP contribution in [0.15, 0.2) is 133 Å². The van der Waals surface area contributed by atoms with Gasteiger partial charge in [0, 0.05) is 101 Å². The average molecular weight is 1410 g/mol. The van der Waals surface area contributed by atoms with Gasteiger partial charge in [0.15, 0.2) is 0 Å². The van der Waals surface area contributed by atoms with Crippen LogP contribution in [0.25, 0.3) is 11.1 Å². The monoisotopic (exact) mass is 1410 g/mol. The molecule has 6 aromatic rings. The van der Waals surface area contributed by atoms with Crippen LogP contribution >= 0.6 is 11.3 Å². The SMILES string of the molecule is CCCN(CCCCCC(=O)N(C)CCN1CCC(OC(=O)Nc2ccccc2-c2ccccc2)CC1)Cc1ccc(C(=O)N(C)CCCN(C)C(=O)CO[C@H]2Cc3ccccc3C23CCN(CC[C@]2(c4ccc(F)cc4)CN(C(=O)c4cc(C(F)(F)F)cc(C(F)(F)F)c4)CO2)CC3)s1. The van der Waals surface area contributed by atoms with Crippen LogP contribution in [-0.4, -0.2) is 189 Å². The van der Waals surface area contributed by atoms with Gasteiger partial charge in [0.2, 0.25) is 11.8 Å². The summed E-state index contributed by atoms with van der Waals surface area (Å²) >= 11 is 1.50. The van der Waals surface area contributed by atoms with Gasteiger partial charge in [0.05, 0.1) is 34.3 Å². The Hall–Kier alpha value is -7.74. The number of likely N-dealkylation sites (tertiary alicyclic amines) is 2. The minimum absolute atomic E-state index is 0.0259. The number of thiophene rings is 1. The number of amides is 5. The molecule has 100 heavy (non-hydrogen) atoms. The van der Waals surface area contributed by atoms with E-state index in [0.29, 0.717) is 99.6 Å². The van der Waals surface area contributed by atoms with E-state index < -0.39 is 64.6 Å². The van der Waals surface area contributed by atoms with Gasteiger partial charge in [-0.25, -0.2) is 9.18 Å². The predicted octanol–water partition coefficient (Wildman–Crippen LogP) is 13.8. The highest BCUT2D eigenvalue weighted by Gasteiger charge is 2.50. The van der Waals surface area contributed by atoms with Crippen molar-refractivity contribution in [2.75, 3.05) is 118 Å². The number of benzene rings is 5. The van der Waals surface area contributed by atoms with Crippen LogP contribution in [0.3, 0.4) is 0 Å². The second-order valence-electron chi connectivity index (χ2n) is 27.0. The van der Waals surface area contributed by atoms with Gasteiger partial charge in [-0.05, 0) is 161 Å². The van der Waals surface area contributed by atoms with Crippen LogP contribution in [0.4, 0.5) is 41.2 Å². The number of nitrogens with one attached hydrogen (secondary N) is 1. The third-order valence-corrected chi connectivity index (χ3v) is 21.2. The van der Waals surface area contributed by atoms with E-state index in [2.05, 4.69) is 39.1 Å². The highest BCUT2D eigenvalue weighted by atomic mass is 32.1. The number of carbonyl (C=O) groups is 5. The molecule has 0 unspecified atom stereocenters. The maximum Gasteiger partial charge on any atom is 0.416 e. The quantitative estimate of drug-likeness (QED) is 0.0353. The smallest absolute Gasteiger partial charge is 0.416 e. The Morgan fingerprint density at radius 3 is 2.05 bits per heavy atom. The van der Waals surface area contributed by atoms with E-state index in [-0.39, 0.29) is 55.6 Å². The summed E-state index contributed by atoms with van der Waals surface area (Å²) in [6, 6.07) is 35.9. The molecule has 16 nitrogen and oxygen atoms in total. The molecule has 3 aliphatic heterocycles. The third-order valence-electron chi connectivity index (χ3n) is 20.1. The number of hydrogen-bond donors (Lipinski definition) is 1. The fourth-order valence-electron chi connectivity index (χ4n) is 14.3. The number of alkyl halides is 6. The fraction of sp³-hybridized carbons (Fsp3) is 0.487. The zero-order valence-corrected chi connectivity index (χ0v) is 58.2. The maximum absolute atomic E-state index is 14.3. The van der Waals surface area contributed by atoms with Crippen molar-refractivity contribution in [3.63, 3.8) is 0 Å². The summed E-state index contributed by atoms with van der Waals surface area (Å²) in [6.45, 7) is 9.37. The Kier molecular flexibility index (Phi) is 25.3. The second-order valence-corrected chi connectivity index (χ2v) is 28.2. The van der Waals surface area contributed by atoms with Gasteiger partial charge < -0.3 is 43.6 Å². The molecule has 0 saturated carbocycles. The first-order chi connectivity index (χ1) is 47.9. The zero-order valence-electron chi connectivity index (χ0n) is 57.4. The van der Waals surface area contributed by atoms with Crippen LogP contribution in [0.2, 0.25) is 0 Å². The summed E-state index contributed by atoms with van der Waals surface area (Å²) in [5, 5.41) is 2.94. The lowest BCUT2D eigenvalue weighted by Gasteiger charge is -2.44. The summed E-state index contributed by atoms with van der Waals surface area (Å²) in [7, 11) is 5.38. The molecule has 24 heteroatoms. The molecule has 3 saturated heterocycles. The van der Waals surface area contributed by atoms with Gasteiger partial charge in [-0.15, -0.1) is 11.3 Å². The van der Waals surface area contributed by atoms with Crippen molar-refractivity contribution < 1.29 is 68.9 Å². The topological polar surface area (TPSA) is 148 Å². The van der Waals surface area contributed by atoms with Crippen molar-refractivity contribution in [1.82, 2.24) is 34.3 Å². The molecule has 3 fully saturated rings. The van der Waals surface area contributed by atoms with Crippen molar-refractivity contribution in [2.24, 2.45) is 0 Å². The number of likely N-dealkylation sites (N-methyl/N-ethyl adjacent to an activating group) is 2. The van der Waals surface area contributed by atoms with E-state index in [4.69, 9.17) is 14.2 Å². The standard InChI is InChI=1S/C76H91F7N8O8S/c1-5-35-90(38-15-7-10-23-68(92)86(3)44-45-88-39-30-61(31-40-88)99-72(96)84-65-22-14-12-20-63(65)54-17-8-6-9-18-54)50-62-28-29-66(100-62)71(95)87(4)37-16-36-85(2)69(93)51-97-67-48-55-19-11-13-21-64(55)73(67)32-41-89(42-33-73)43-34-74(57-24-26-60(77)27-25-57)52-91(53-98-74)70(94)56-46-58(75(78,79)80)49-59(47-56)76(81,82)83/h6,8-9,11-14,17-22,24-29,46-47,49,61,67H,5,7,10,15-16,23,30-45,48,50-53H2,1-4H3,(H,84,96)/t67-,74+/m0/s1. The number of fused-ring (bicyclic) bond motifs is 2. The molecule has 538 valence electrons. The highest BCUT2D eigenvalue weighted by Crippen LogP contribution is 2.49. The van der Waals surface area contributed by atoms with Gasteiger partial charge in [0.25, 0.3) is 11.8 Å². The lowest BCUT2D eigenvalue weighted by atomic mass is 9.72. The molecule has 4 heterocycles. The minimum atomic E-state index is -5.15. The van der Waals surface area contributed by atoms with E-state index in [1.165, 1.54) is 41.2 Å². The average Bonchev–Trinajstić information content (AvgIpc) is 1.58. The van der Waals surface area contributed by atoms with E-state index in [0.717, 1.165) is 104 Å². The van der Waals surface area contributed by atoms with Crippen molar-refractivity contribution in [1.29, 1.82) is 0 Å². The first-order valence-corrected chi connectivity index (χ1v) is 35.5. The molecule has 0 bridgehead atoms. The van der Waals surface area contributed by atoms with E-state index in [1.807, 2.05) is 90.8 Å². The number of hydrogen-bond acceptors (Lipinski definition) is 12. The number of unbranched alkanes of at least 4 members (excludes halogenated alkanes) is 2. The first kappa shape index (κ1) is 74.9. The van der Waals surface area contributed by atoms with Crippen LogP contribution in [0.5, 0.6) is 0 Å². The van der Waals surface area contributed by atoms with Crippen LogP contribution in [0.1, 0.15) is 130 Å². The lowest BCUT2D eigenvalue weighted by Crippen LogP contribution is -2.50. The second kappa shape index (κ2) is 33.8. The molecule has 1 spiro atoms. The number of para-hydroxylation sites is 1. The Labute approximate surface area is 585 Å². The Bertz CT molecular complexity index is 3700. The summed E-state index contributed by atoms with van der Waals surface area (Å²) < 4.78 is 116. The maximum atomic E-state index is 14.3. The lowest BCUT2D eigenvalue weighted by molar-refractivity contribution is -0.143. The van der Waals surface area contributed by atoms with E-state index in [1.54, 1.807) is 23.9 Å². The number of anilines is 1. The molecule has 1 aliphatic carbocycles. The van der Waals surface area contributed by atoms with Crippen molar-refractivity contribution in [2.45, 2.75) is 126 Å². The minimum Gasteiger partial charge on any atom is -0.446 e. The van der Waals surface area contributed by atoms with Crippen LogP contribution in [-0.2, 0) is 60.1 Å². The fourth-order valence-corrected chi connectivity index (χ4v) is 15.4. The van der Waals surface area contributed by atoms with Gasteiger partial charge in [-0.1, -0.05) is 98.3 Å². The summed E-state index contributed by atoms with van der Waals surface area (Å²) in [5.41, 5.74) is -0.214. The van der Waals surface area contributed by atoms with Gasteiger partial charge in [-0.3, -0.25) is 29.4 Å². The molecular formula is C76H91F7N8O8S. The van der Waals surface area contributed by atoms with Gasteiger partial charge >= 0.3 is 18.4 Å². The van der Waals surface area contributed by atoms with Crippen LogP contribution in [0, 0.1) is 5.82 Å². The number of rotatable bonds is 29. The van der Waals surface area contributed by atoms with Crippen LogP contribution < -0.4 is 5.32 Å². The molecule has 4 aliphatic rings. The summed E-state index contributed by atoms with van der Waals surface area (Å²) in [6.07, 6.45) is -2.81. The number of ether oxygens (including phenoxy) is 3. The molecule has 10 rings (SSSR count). The Balaban J connectivity index is 0.616. The highest BCUT2D eigenvalue weighted by molar-refractivity contribution is 7.14. The molecule has 2 atom stereocenters. The number of carbonyl (C=O) groups excluding carboxylic acids is 5. The third kappa shape index (κ3) is 19.3. The van der Waals surface area contributed by atoms with E-state index >= 15 is 0 Å². The van der Waals surface area contributed by atoms with Crippen molar-refractivity contribution >= 4 is 46.7 Å². The predicted molar refractivity (Wildman–Crippen MR) is 370 cm³/mol. The van der Waals surface area contributed by atoms with Gasteiger partial charge in [-0.2, -0.15) is 26.3 Å². The van der Waals surface area contributed by atoms with Crippen molar-refractivity contribution in [3.05, 3.63) is 182 Å². The largest absolute Gasteiger partial charge is 0.446 e. The molecule has 0 radical (unpaired) electrons. The molecule has 1 aromatic heterocycles.